The Hall–Kier alpha value is -1.84. The van der Waals surface area contributed by atoms with Crippen LogP contribution < -0.4 is 5.32 Å². The van der Waals surface area contributed by atoms with Crippen molar-refractivity contribution in [3.05, 3.63) is 35.9 Å². The van der Waals surface area contributed by atoms with Crippen molar-refractivity contribution in [3.8, 4) is 0 Å². The Morgan fingerprint density at radius 3 is 2.26 bits per heavy atom. The van der Waals surface area contributed by atoms with Gasteiger partial charge in [-0.25, -0.2) is 4.79 Å². The standard InChI is InChI=1S/C15H21NO3/c1-15(2,3)10-9-12(17)16-13(14(18)19)11-7-5-4-6-8-11/h4-8,13H,9-10H2,1-3H3,(H,16,17)(H,18,19). The lowest BCUT2D eigenvalue weighted by molar-refractivity contribution is -0.142. The summed E-state index contributed by atoms with van der Waals surface area (Å²) in [6.07, 6.45) is 1.06. The third-order valence-corrected chi connectivity index (χ3v) is 2.79. The molecule has 1 rings (SSSR count). The molecule has 0 aromatic heterocycles. The minimum atomic E-state index is -1.05. The molecule has 104 valence electrons. The monoisotopic (exact) mass is 263 g/mol. The van der Waals surface area contributed by atoms with Gasteiger partial charge in [0.25, 0.3) is 0 Å². The number of carboxylic acid groups (broad SMARTS) is 1. The van der Waals surface area contributed by atoms with E-state index in [2.05, 4.69) is 5.32 Å². The largest absolute Gasteiger partial charge is 0.479 e. The minimum Gasteiger partial charge on any atom is -0.479 e. The van der Waals surface area contributed by atoms with Crippen LogP contribution in [-0.2, 0) is 9.59 Å². The van der Waals surface area contributed by atoms with Gasteiger partial charge in [0.2, 0.25) is 5.91 Å². The maximum Gasteiger partial charge on any atom is 0.330 e. The molecule has 1 amide bonds. The van der Waals surface area contributed by atoms with Crippen LogP contribution in [0.5, 0.6) is 0 Å². The number of benzene rings is 1. The molecule has 2 N–H and O–H groups in total. The Bertz CT molecular complexity index is 434. The highest BCUT2D eigenvalue weighted by Gasteiger charge is 2.22. The lowest BCUT2D eigenvalue weighted by Gasteiger charge is -2.19. The summed E-state index contributed by atoms with van der Waals surface area (Å²) in [4.78, 5) is 23.0. The second-order valence-electron chi connectivity index (χ2n) is 5.81. The second-order valence-corrected chi connectivity index (χ2v) is 5.81. The van der Waals surface area contributed by atoms with Crippen LogP contribution in [0.25, 0.3) is 0 Å². The van der Waals surface area contributed by atoms with Crippen LogP contribution in [0.15, 0.2) is 30.3 Å². The van der Waals surface area contributed by atoms with Crippen molar-refractivity contribution < 1.29 is 14.7 Å². The molecule has 0 bridgehead atoms. The quantitative estimate of drug-likeness (QED) is 0.858. The average molecular weight is 263 g/mol. The van der Waals surface area contributed by atoms with Gasteiger partial charge in [0, 0.05) is 6.42 Å². The fourth-order valence-electron chi connectivity index (χ4n) is 1.65. The van der Waals surface area contributed by atoms with Gasteiger partial charge in [-0.15, -0.1) is 0 Å². The Labute approximate surface area is 113 Å². The van der Waals surface area contributed by atoms with E-state index in [-0.39, 0.29) is 11.3 Å². The highest BCUT2D eigenvalue weighted by atomic mass is 16.4. The van der Waals surface area contributed by atoms with Gasteiger partial charge in [0.1, 0.15) is 0 Å². The van der Waals surface area contributed by atoms with Crippen LogP contribution in [0.4, 0.5) is 0 Å². The summed E-state index contributed by atoms with van der Waals surface area (Å²) in [6, 6.07) is 7.74. The highest BCUT2D eigenvalue weighted by molar-refractivity contribution is 5.84. The molecule has 0 heterocycles. The van der Waals surface area contributed by atoms with Crippen molar-refractivity contribution in [2.45, 2.75) is 39.7 Å². The molecular weight excluding hydrogens is 242 g/mol. The predicted molar refractivity (Wildman–Crippen MR) is 73.7 cm³/mol. The fraction of sp³-hybridized carbons (Fsp3) is 0.467. The van der Waals surface area contributed by atoms with Gasteiger partial charge in [-0.1, -0.05) is 51.1 Å². The smallest absolute Gasteiger partial charge is 0.330 e. The van der Waals surface area contributed by atoms with Crippen LogP contribution >= 0.6 is 0 Å². The lowest BCUT2D eigenvalue weighted by atomic mass is 9.90. The Morgan fingerprint density at radius 1 is 1.21 bits per heavy atom. The number of hydrogen-bond acceptors (Lipinski definition) is 2. The van der Waals surface area contributed by atoms with Gasteiger partial charge >= 0.3 is 5.97 Å². The van der Waals surface area contributed by atoms with E-state index < -0.39 is 12.0 Å². The third-order valence-electron chi connectivity index (χ3n) is 2.79. The molecule has 0 spiro atoms. The zero-order chi connectivity index (χ0) is 14.5. The summed E-state index contributed by atoms with van der Waals surface area (Å²) in [5.41, 5.74) is 0.641. The molecule has 0 saturated carbocycles. The van der Waals surface area contributed by atoms with E-state index in [1.54, 1.807) is 24.3 Å². The number of carbonyl (C=O) groups excluding carboxylic acids is 1. The summed E-state index contributed by atoms with van der Waals surface area (Å²) < 4.78 is 0. The first-order valence-electron chi connectivity index (χ1n) is 6.37. The van der Waals surface area contributed by atoms with Gasteiger partial charge in [-0.05, 0) is 17.4 Å². The van der Waals surface area contributed by atoms with Crippen molar-refractivity contribution in [1.29, 1.82) is 0 Å². The van der Waals surface area contributed by atoms with Crippen molar-refractivity contribution >= 4 is 11.9 Å². The highest BCUT2D eigenvalue weighted by Crippen LogP contribution is 2.21. The minimum absolute atomic E-state index is 0.0583. The number of carboxylic acids is 1. The molecule has 0 fully saturated rings. The van der Waals surface area contributed by atoms with E-state index >= 15 is 0 Å². The Balaban J connectivity index is 2.65. The number of aliphatic carboxylic acids is 1. The lowest BCUT2D eigenvalue weighted by Crippen LogP contribution is -2.34. The zero-order valence-corrected chi connectivity index (χ0v) is 11.6. The maximum absolute atomic E-state index is 11.8. The summed E-state index contributed by atoms with van der Waals surface area (Å²) in [5.74, 6) is -1.28. The molecule has 0 aliphatic rings. The van der Waals surface area contributed by atoms with Crippen molar-refractivity contribution in [3.63, 3.8) is 0 Å². The Kier molecular flexibility index (Phi) is 5.10. The van der Waals surface area contributed by atoms with Crippen molar-refractivity contribution in [2.75, 3.05) is 0 Å². The SMILES string of the molecule is CC(C)(C)CCC(=O)NC(C(=O)O)c1ccccc1. The summed E-state index contributed by atoms with van der Waals surface area (Å²) >= 11 is 0. The molecule has 1 aromatic carbocycles. The van der Waals surface area contributed by atoms with E-state index in [0.29, 0.717) is 12.0 Å². The van der Waals surface area contributed by atoms with E-state index in [1.807, 2.05) is 26.8 Å². The van der Waals surface area contributed by atoms with E-state index in [0.717, 1.165) is 6.42 Å². The average Bonchev–Trinajstić information content (AvgIpc) is 2.33. The first-order valence-corrected chi connectivity index (χ1v) is 6.37. The molecule has 1 atom stereocenters. The van der Waals surface area contributed by atoms with Gasteiger partial charge in [-0.3, -0.25) is 4.79 Å². The van der Waals surface area contributed by atoms with E-state index in [9.17, 15) is 14.7 Å². The first-order chi connectivity index (χ1) is 8.79. The maximum atomic E-state index is 11.8. The second kappa shape index (κ2) is 6.36. The molecule has 19 heavy (non-hydrogen) atoms. The van der Waals surface area contributed by atoms with E-state index in [4.69, 9.17) is 0 Å². The van der Waals surface area contributed by atoms with Crippen molar-refractivity contribution in [2.24, 2.45) is 5.41 Å². The topological polar surface area (TPSA) is 66.4 Å². The molecular formula is C15H21NO3. The van der Waals surface area contributed by atoms with Crippen LogP contribution in [0.2, 0.25) is 0 Å². The zero-order valence-electron chi connectivity index (χ0n) is 11.6. The fourth-order valence-corrected chi connectivity index (χ4v) is 1.65. The molecule has 0 radical (unpaired) electrons. The van der Waals surface area contributed by atoms with Crippen molar-refractivity contribution in [1.82, 2.24) is 5.32 Å². The Morgan fingerprint density at radius 2 is 1.79 bits per heavy atom. The third kappa shape index (κ3) is 5.55. The van der Waals surface area contributed by atoms with Crippen LogP contribution in [0, 0.1) is 5.41 Å². The number of amides is 1. The van der Waals surface area contributed by atoms with Crippen LogP contribution in [0.3, 0.4) is 0 Å². The summed E-state index contributed by atoms with van der Waals surface area (Å²) in [7, 11) is 0. The van der Waals surface area contributed by atoms with E-state index in [1.165, 1.54) is 0 Å². The van der Waals surface area contributed by atoms with Crippen LogP contribution in [-0.4, -0.2) is 17.0 Å². The van der Waals surface area contributed by atoms with Gasteiger partial charge in [0.15, 0.2) is 6.04 Å². The summed E-state index contributed by atoms with van der Waals surface area (Å²) in [6.45, 7) is 6.14. The predicted octanol–water partition coefficient (Wildman–Crippen LogP) is 2.75. The molecule has 0 saturated heterocycles. The molecule has 0 aliphatic heterocycles. The number of rotatable bonds is 5. The molecule has 1 aromatic rings. The number of hydrogen-bond donors (Lipinski definition) is 2. The van der Waals surface area contributed by atoms with Crippen LogP contribution in [0.1, 0.15) is 45.2 Å². The van der Waals surface area contributed by atoms with Gasteiger partial charge in [-0.2, -0.15) is 0 Å². The van der Waals surface area contributed by atoms with Gasteiger partial charge < -0.3 is 10.4 Å². The molecule has 4 heteroatoms. The molecule has 1 unspecified atom stereocenters. The number of carbonyl (C=O) groups is 2. The van der Waals surface area contributed by atoms with Gasteiger partial charge in [0.05, 0.1) is 0 Å². The molecule has 0 aliphatic carbocycles. The summed E-state index contributed by atoms with van der Waals surface area (Å²) in [5, 5.41) is 11.8. The number of nitrogens with one attached hydrogen (secondary N) is 1. The normalized spacial score (nSPS) is 12.8. The first kappa shape index (κ1) is 15.2. The molecule has 4 nitrogen and oxygen atoms in total.